The van der Waals surface area contributed by atoms with Crippen LogP contribution in [0.5, 0.6) is 5.75 Å². The first kappa shape index (κ1) is 11.0. The number of pyridine rings is 1. The predicted molar refractivity (Wildman–Crippen MR) is 67.1 cm³/mol. The number of aromatic nitrogens is 1. The second-order valence-electron chi connectivity index (χ2n) is 3.26. The fraction of sp³-hybridized carbons (Fsp3) is 0.0833. The Labute approximate surface area is 102 Å². The van der Waals surface area contributed by atoms with Crippen molar-refractivity contribution in [3.8, 4) is 5.75 Å². The molecule has 0 radical (unpaired) electrons. The summed E-state index contributed by atoms with van der Waals surface area (Å²) in [7, 11) is 0. The van der Waals surface area contributed by atoms with E-state index in [0.29, 0.717) is 12.3 Å². The number of ether oxygens (including phenoxy) is 1. The van der Waals surface area contributed by atoms with Crippen molar-refractivity contribution in [1.82, 2.24) is 4.98 Å². The third-order valence-electron chi connectivity index (χ3n) is 2.13. The van der Waals surface area contributed by atoms with Gasteiger partial charge in [0.1, 0.15) is 18.1 Å². The van der Waals surface area contributed by atoms with Gasteiger partial charge in [-0.25, -0.2) is 0 Å². The van der Waals surface area contributed by atoms with E-state index in [0.717, 1.165) is 15.9 Å². The van der Waals surface area contributed by atoms with Crippen molar-refractivity contribution >= 4 is 21.6 Å². The largest absolute Gasteiger partial charge is 0.486 e. The maximum Gasteiger partial charge on any atom is 0.134 e. The fourth-order valence-electron chi connectivity index (χ4n) is 1.28. The highest BCUT2D eigenvalue weighted by molar-refractivity contribution is 9.10. The van der Waals surface area contributed by atoms with Gasteiger partial charge in [-0.1, -0.05) is 12.1 Å². The third kappa shape index (κ3) is 2.52. The topological polar surface area (TPSA) is 48.1 Å². The monoisotopic (exact) mass is 278 g/mol. The molecule has 0 saturated carbocycles. The summed E-state index contributed by atoms with van der Waals surface area (Å²) < 4.78 is 6.54. The molecule has 0 unspecified atom stereocenters. The normalized spacial score (nSPS) is 10.1. The zero-order valence-corrected chi connectivity index (χ0v) is 10.1. The molecule has 0 aliphatic rings. The first-order chi connectivity index (χ1) is 7.77. The van der Waals surface area contributed by atoms with E-state index in [4.69, 9.17) is 10.5 Å². The summed E-state index contributed by atoms with van der Waals surface area (Å²) in [6.45, 7) is 0.370. The Kier molecular flexibility index (Phi) is 3.41. The van der Waals surface area contributed by atoms with Crippen LogP contribution in [0.3, 0.4) is 0 Å². The SMILES string of the molecule is Nc1cccnc1COc1ccccc1Br. The lowest BCUT2D eigenvalue weighted by Crippen LogP contribution is -2.02. The van der Waals surface area contributed by atoms with Crippen molar-refractivity contribution in [2.24, 2.45) is 0 Å². The molecular weight excluding hydrogens is 268 g/mol. The Hall–Kier alpha value is -1.55. The second-order valence-corrected chi connectivity index (χ2v) is 4.11. The Balaban J connectivity index is 2.09. The van der Waals surface area contributed by atoms with E-state index in [-0.39, 0.29) is 0 Å². The molecule has 2 rings (SSSR count). The number of hydrogen-bond donors (Lipinski definition) is 1. The van der Waals surface area contributed by atoms with Crippen molar-refractivity contribution in [2.75, 3.05) is 5.73 Å². The van der Waals surface area contributed by atoms with Crippen LogP contribution in [-0.2, 0) is 6.61 Å². The van der Waals surface area contributed by atoms with Crippen LogP contribution >= 0.6 is 15.9 Å². The van der Waals surface area contributed by atoms with E-state index in [1.54, 1.807) is 12.3 Å². The van der Waals surface area contributed by atoms with Gasteiger partial charge in [-0.2, -0.15) is 0 Å². The van der Waals surface area contributed by atoms with E-state index in [9.17, 15) is 0 Å². The van der Waals surface area contributed by atoms with Gasteiger partial charge in [0.25, 0.3) is 0 Å². The number of rotatable bonds is 3. The van der Waals surface area contributed by atoms with Crippen molar-refractivity contribution in [1.29, 1.82) is 0 Å². The minimum absolute atomic E-state index is 0.370. The molecule has 82 valence electrons. The van der Waals surface area contributed by atoms with Gasteiger partial charge in [0.05, 0.1) is 10.2 Å². The number of anilines is 1. The minimum Gasteiger partial charge on any atom is -0.486 e. The molecule has 1 heterocycles. The van der Waals surface area contributed by atoms with Crippen LogP contribution in [0.2, 0.25) is 0 Å². The van der Waals surface area contributed by atoms with Crippen molar-refractivity contribution < 1.29 is 4.74 Å². The second kappa shape index (κ2) is 4.99. The maximum atomic E-state index is 5.77. The molecule has 0 fully saturated rings. The standard InChI is InChI=1S/C12H11BrN2O/c13-9-4-1-2-6-12(9)16-8-11-10(14)5-3-7-15-11/h1-7H,8,14H2. The van der Waals surface area contributed by atoms with Crippen LogP contribution in [-0.4, -0.2) is 4.98 Å². The quantitative estimate of drug-likeness (QED) is 0.939. The number of halogens is 1. The number of para-hydroxylation sites is 1. The smallest absolute Gasteiger partial charge is 0.134 e. The van der Waals surface area contributed by atoms with Gasteiger partial charge in [-0.15, -0.1) is 0 Å². The van der Waals surface area contributed by atoms with Crippen molar-refractivity contribution in [3.63, 3.8) is 0 Å². The summed E-state index contributed by atoms with van der Waals surface area (Å²) >= 11 is 3.41. The molecular formula is C12H11BrN2O. The molecule has 1 aromatic carbocycles. The van der Waals surface area contributed by atoms with Gasteiger partial charge in [-0.05, 0) is 40.2 Å². The van der Waals surface area contributed by atoms with E-state index >= 15 is 0 Å². The van der Waals surface area contributed by atoms with Crippen molar-refractivity contribution in [3.05, 3.63) is 52.8 Å². The van der Waals surface area contributed by atoms with Gasteiger partial charge in [0.2, 0.25) is 0 Å². The summed E-state index contributed by atoms with van der Waals surface area (Å²) in [5.41, 5.74) is 7.16. The summed E-state index contributed by atoms with van der Waals surface area (Å²) in [4.78, 5) is 4.16. The first-order valence-corrected chi connectivity index (χ1v) is 5.63. The van der Waals surface area contributed by atoms with E-state index in [1.807, 2.05) is 30.3 Å². The summed E-state index contributed by atoms with van der Waals surface area (Å²) in [6.07, 6.45) is 1.70. The number of nitrogens with zero attached hydrogens (tertiary/aromatic N) is 1. The molecule has 2 aromatic rings. The lowest BCUT2D eigenvalue weighted by Gasteiger charge is -2.08. The number of benzene rings is 1. The Morgan fingerprint density at radius 2 is 2.00 bits per heavy atom. The predicted octanol–water partition coefficient (Wildman–Crippen LogP) is 3.01. The molecule has 2 N–H and O–H groups in total. The van der Waals surface area contributed by atoms with Crippen LogP contribution in [0.25, 0.3) is 0 Å². The highest BCUT2D eigenvalue weighted by atomic mass is 79.9. The van der Waals surface area contributed by atoms with Gasteiger partial charge in [0, 0.05) is 6.20 Å². The Morgan fingerprint density at radius 3 is 2.75 bits per heavy atom. The number of hydrogen-bond acceptors (Lipinski definition) is 3. The van der Waals surface area contributed by atoms with Crippen LogP contribution < -0.4 is 10.5 Å². The van der Waals surface area contributed by atoms with E-state index in [2.05, 4.69) is 20.9 Å². The average Bonchev–Trinajstić information content (AvgIpc) is 2.30. The lowest BCUT2D eigenvalue weighted by molar-refractivity contribution is 0.300. The van der Waals surface area contributed by atoms with Gasteiger partial charge < -0.3 is 10.5 Å². The molecule has 0 aliphatic heterocycles. The molecule has 0 spiro atoms. The van der Waals surface area contributed by atoms with Crippen molar-refractivity contribution in [2.45, 2.75) is 6.61 Å². The number of nitrogens with two attached hydrogens (primary N) is 1. The van der Waals surface area contributed by atoms with E-state index < -0.39 is 0 Å². The van der Waals surface area contributed by atoms with Gasteiger partial charge in [0.15, 0.2) is 0 Å². The van der Waals surface area contributed by atoms with Crippen LogP contribution in [0.15, 0.2) is 47.1 Å². The summed E-state index contributed by atoms with van der Waals surface area (Å²) in [5, 5.41) is 0. The van der Waals surface area contributed by atoms with Gasteiger partial charge >= 0.3 is 0 Å². The average molecular weight is 279 g/mol. The highest BCUT2D eigenvalue weighted by Crippen LogP contribution is 2.24. The highest BCUT2D eigenvalue weighted by Gasteiger charge is 2.03. The molecule has 0 atom stereocenters. The summed E-state index contributed by atoms with van der Waals surface area (Å²) in [6, 6.07) is 11.3. The molecule has 1 aromatic heterocycles. The van der Waals surface area contributed by atoms with Gasteiger partial charge in [-0.3, -0.25) is 4.98 Å². The maximum absolute atomic E-state index is 5.77. The fourth-order valence-corrected chi connectivity index (χ4v) is 1.68. The van der Waals surface area contributed by atoms with Crippen LogP contribution in [0.1, 0.15) is 5.69 Å². The Morgan fingerprint density at radius 1 is 1.19 bits per heavy atom. The first-order valence-electron chi connectivity index (χ1n) is 4.84. The molecule has 0 aliphatic carbocycles. The Bertz CT molecular complexity index is 442. The molecule has 0 bridgehead atoms. The molecule has 0 amide bonds. The van der Waals surface area contributed by atoms with E-state index in [1.165, 1.54) is 0 Å². The third-order valence-corrected chi connectivity index (χ3v) is 2.78. The zero-order valence-electron chi connectivity index (χ0n) is 8.56. The lowest BCUT2D eigenvalue weighted by atomic mass is 10.3. The molecule has 16 heavy (non-hydrogen) atoms. The molecule has 4 heteroatoms. The summed E-state index contributed by atoms with van der Waals surface area (Å²) in [5.74, 6) is 0.785. The molecule has 0 saturated heterocycles. The van der Waals surface area contributed by atoms with Crippen LogP contribution in [0.4, 0.5) is 5.69 Å². The minimum atomic E-state index is 0.370. The number of nitrogen functional groups attached to an aromatic ring is 1. The van der Waals surface area contributed by atoms with Crippen LogP contribution in [0, 0.1) is 0 Å². The zero-order chi connectivity index (χ0) is 11.4. The molecule has 3 nitrogen and oxygen atoms in total.